The van der Waals surface area contributed by atoms with Crippen molar-refractivity contribution in [3.63, 3.8) is 0 Å². The largest absolute Gasteiger partial charge is 0.507 e. The standard InChI is InChI=1S/C9H6ClN3O3.C6H4O2S/c10-8-5(1-2-16-8)6(14)3-7(15)9-11-4-12-13-9;7-9(8)5-2-1-3-6(9)4-5/h1-4,14H,(H,11,12,13);1-4H. The molecule has 0 saturated carbocycles. The minimum Gasteiger partial charge on any atom is -0.507 e. The first-order chi connectivity index (χ1) is 11.9. The van der Waals surface area contributed by atoms with Crippen molar-refractivity contribution in [2.45, 2.75) is 9.79 Å². The SMILES string of the molecule is O=C(C=C(O)c1ccoc1Cl)c1ncn[nH]1.O=S1(=O)c2cccc1c2. The number of hydrogen-bond acceptors (Lipinski definition) is 7. The summed E-state index contributed by atoms with van der Waals surface area (Å²) in [6, 6.07) is 8.05. The number of fused-ring (bicyclic) bond motifs is 2. The minimum atomic E-state index is -2.93. The number of rotatable bonds is 3. The Labute approximate surface area is 146 Å². The summed E-state index contributed by atoms with van der Waals surface area (Å²) in [5.41, 5.74) is 0.245. The van der Waals surface area contributed by atoms with Gasteiger partial charge < -0.3 is 9.52 Å². The maximum Gasteiger partial charge on any atom is 0.226 e. The lowest BCUT2D eigenvalue weighted by atomic mass is 10.2. The number of furan rings is 1. The molecule has 3 aromatic rings. The molecule has 2 aliphatic heterocycles. The van der Waals surface area contributed by atoms with E-state index in [0.717, 1.165) is 6.08 Å². The summed E-state index contributed by atoms with van der Waals surface area (Å²) in [6.07, 6.45) is 3.49. The number of H-pyrrole nitrogens is 1. The van der Waals surface area contributed by atoms with Gasteiger partial charge in [0.25, 0.3) is 0 Å². The fourth-order valence-electron chi connectivity index (χ4n) is 1.96. The van der Waals surface area contributed by atoms with Crippen molar-refractivity contribution in [1.82, 2.24) is 15.2 Å². The van der Waals surface area contributed by atoms with Crippen molar-refractivity contribution >= 4 is 33.0 Å². The van der Waals surface area contributed by atoms with E-state index >= 15 is 0 Å². The van der Waals surface area contributed by atoms with Crippen molar-refractivity contribution in [1.29, 1.82) is 0 Å². The van der Waals surface area contributed by atoms with Gasteiger partial charge in [-0.05, 0) is 35.9 Å². The molecule has 5 rings (SSSR count). The van der Waals surface area contributed by atoms with Crippen LogP contribution in [-0.4, -0.2) is 34.5 Å². The topological polar surface area (TPSA) is 126 Å². The molecule has 0 spiro atoms. The summed E-state index contributed by atoms with van der Waals surface area (Å²) in [5.74, 6) is -0.765. The van der Waals surface area contributed by atoms with Gasteiger partial charge in [-0.3, -0.25) is 9.89 Å². The zero-order valence-electron chi connectivity index (χ0n) is 12.4. The predicted octanol–water partition coefficient (Wildman–Crippen LogP) is 2.67. The third kappa shape index (κ3) is 3.32. The number of sulfone groups is 1. The number of aromatic amines is 1. The molecular formula is C15H10ClN3O5S. The van der Waals surface area contributed by atoms with E-state index in [2.05, 4.69) is 15.2 Å². The van der Waals surface area contributed by atoms with E-state index < -0.39 is 15.6 Å². The molecule has 128 valence electrons. The van der Waals surface area contributed by atoms with Gasteiger partial charge in [0.05, 0.1) is 21.6 Å². The Hall–Kier alpha value is -2.91. The van der Waals surface area contributed by atoms with Gasteiger partial charge in [0, 0.05) is 6.08 Å². The second-order valence-corrected chi connectivity index (χ2v) is 7.11. The fraction of sp³-hybridized carbons (Fsp3) is 0. The molecule has 4 heterocycles. The number of allylic oxidation sites excluding steroid dienone is 1. The van der Waals surface area contributed by atoms with Crippen molar-refractivity contribution in [2.24, 2.45) is 0 Å². The molecule has 0 unspecified atom stereocenters. The second-order valence-electron chi connectivity index (χ2n) is 4.81. The van der Waals surface area contributed by atoms with E-state index in [-0.39, 0.29) is 22.4 Å². The Bertz CT molecular complexity index is 1020. The third-order valence-electron chi connectivity index (χ3n) is 3.24. The highest BCUT2D eigenvalue weighted by Crippen LogP contribution is 2.30. The third-order valence-corrected chi connectivity index (χ3v) is 5.28. The summed E-state index contributed by atoms with van der Waals surface area (Å²) >= 11 is 5.63. The van der Waals surface area contributed by atoms with Gasteiger partial charge in [-0.2, -0.15) is 5.10 Å². The van der Waals surface area contributed by atoms with Crippen LogP contribution in [0.2, 0.25) is 5.22 Å². The summed E-state index contributed by atoms with van der Waals surface area (Å²) in [4.78, 5) is 16.0. The number of aliphatic hydroxyl groups is 1. The smallest absolute Gasteiger partial charge is 0.226 e. The van der Waals surface area contributed by atoms with E-state index in [4.69, 9.17) is 16.0 Å². The van der Waals surface area contributed by atoms with Gasteiger partial charge in [0.2, 0.25) is 20.8 Å². The Morgan fingerprint density at radius 3 is 2.44 bits per heavy atom. The number of nitrogens with zero attached hydrogens (tertiary/aromatic N) is 2. The molecule has 0 amide bonds. The second kappa shape index (κ2) is 6.54. The first-order valence-electron chi connectivity index (χ1n) is 6.78. The van der Waals surface area contributed by atoms with E-state index in [1.54, 1.807) is 24.3 Å². The highest BCUT2D eigenvalue weighted by atomic mass is 35.5. The number of aliphatic hydroxyl groups excluding tert-OH is 1. The number of carbonyl (C=O) groups is 1. The van der Waals surface area contributed by atoms with Crippen LogP contribution in [0.4, 0.5) is 0 Å². The summed E-state index contributed by atoms with van der Waals surface area (Å²) in [5, 5.41) is 15.5. The predicted molar refractivity (Wildman–Crippen MR) is 86.9 cm³/mol. The number of nitrogens with one attached hydrogen (secondary N) is 1. The molecule has 0 saturated heterocycles. The van der Waals surface area contributed by atoms with Gasteiger partial charge in [0.1, 0.15) is 12.1 Å². The number of carbonyl (C=O) groups excluding carboxylic acids is 1. The Kier molecular flexibility index (Phi) is 4.43. The molecule has 10 heteroatoms. The normalized spacial score (nSPS) is 14.2. The van der Waals surface area contributed by atoms with Gasteiger partial charge in [-0.25, -0.2) is 13.4 Å². The zero-order valence-corrected chi connectivity index (χ0v) is 14.0. The maximum atomic E-state index is 11.5. The van der Waals surface area contributed by atoms with Crippen LogP contribution in [0.5, 0.6) is 0 Å². The van der Waals surface area contributed by atoms with E-state index in [0.29, 0.717) is 9.79 Å². The number of hydrogen-bond donors (Lipinski definition) is 2. The molecule has 2 aromatic heterocycles. The van der Waals surface area contributed by atoms with E-state index in [1.807, 2.05) is 0 Å². The van der Waals surface area contributed by atoms with Crippen molar-refractivity contribution in [3.05, 3.63) is 65.6 Å². The molecule has 0 atom stereocenters. The fourth-order valence-corrected chi connectivity index (χ4v) is 3.34. The highest BCUT2D eigenvalue weighted by Gasteiger charge is 2.26. The lowest BCUT2D eigenvalue weighted by molar-refractivity contribution is 0.103. The summed E-state index contributed by atoms with van der Waals surface area (Å²) in [6.45, 7) is 0. The van der Waals surface area contributed by atoms with Gasteiger partial charge in [-0.15, -0.1) is 0 Å². The quantitative estimate of drug-likeness (QED) is 0.318. The van der Waals surface area contributed by atoms with Gasteiger partial charge in [-0.1, -0.05) is 6.07 Å². The van der Waals surface area contributed by atoms with Crippen molar-refractivity contribution in [3.8, 4) is 0 Å². The van der Waals surface area contributed by atoms with Crippen LogP contribution in [0.15, 0.2) is 63.2 Å². The van der Waals surface area contributed by atoms with Crippen LogP contribution < -0.4 is 0 Å². The molecule has 1 aromatic carbocycles. The Morgan fingerprint density at radius 2 is 2.00 bits per heavy atom. The monoisotopic (exact) mass is 379 g/mol. The lowest BCUT2D eigenvalue weighted by Gasteiger charge is -2.13. The van der Waals surface area contributed by atoms with Crippen molar-refractivity contribution < 1.29 is 22.7 Å². The maximum absolute atomic E-state index is 11.5. The average Bonchev–Trinajstić information content (AvgIpc) is 3.27. The lowest BCUT2D eigenvalue weighted by Crippen LogP contribution is -2.10. The molecule has 2 bridgehead atoms. The molecule has 25 heavy (non-hydrogen) atoms. The molecule has 2 aliphatic rings. The van der Waals surface area contributed by atoms with Crippen LogP contribution >= 0.6 is 11.6 Å². The first-order valence-corrected chi connectivity index (χ1v) is 8.64. The zero-order chi connectivity index (χ0) is 18.0. The van der Waals surface area contributed by atoms with Crippen LogP contribution in [0.25, 0.3) is 5.76 Å². The first kappa shape index (κ1) is 16.9. The van der Waals surface area contributed by atoms with Gasteiger partial charge >= 0.3 is 0 Å². The molecule has 0 fully saturated rings. The van der Waals surface area contributed by atoms with Gasteiger partial charge in [0.15, 0.2) is 5.82 Å². The van der Waals surface area contributed by atoms with Crippen LogP contribution in [0.3, 0.4) is 0 Å². The van der Waals surface area contributed by atoms with Crippen LogP contribution in [0.1, 0.15) is 16.2 Å². The summed E-state index contributed by atoms with van der Waals surface area (Å²) < 4.78 is 26.5. The van der Waals surface area contributed by atoms with E-state index in [9.17, 15) is 18.3 Å². The van der Waals surface area contributed by atoms with Crippen molar-refractivity contribution in [2.75, 3.05) is 0 Å². The average molecular weight is 380 g/mol. The van der Waals surface area contributed by atoms with Crippen LogP contribution in [0, 0.1) is 0 Å². The number of benzene rings is 1. The number of ketones is 1. The van der Waals surface area contributed by atoms with Crippen LogP contribution in [-0.2, 0) is 9.84 Å². The number of halogens is 1. The summed E-state index contributed by atoms with van der Waals surface area (Å²) in [7, 11) is -2.93. The minimum absolute atomic E-state index is 0.0131. The molecule has 0 aliphatic carbocycles. The molecular weight excluding hydrogens is 370 g/mol. The molecule has 2 N–H and O–H groups in total. The Morgan fingerprint density at radius 1 is 1.28 bits per heavy atom. The highest BCUT2D eigenvalue weighted by molar-refractivity contribution is 7.92. The Balaban J connectivity index is 0.000000170. The van der Waals surface area contributed by atoms with E-state index in [1.165, 1.54) is 18.7 Å². The molecule has 0 radical (unpaired) electrons. The molecule has 8 nitrogen and oxygen atoms in total. The number of aromatic nitrogens is 3.